The van der Waals surface area contributed by atoms with Crippen LogP contribution in [-0.4, -0.2) is 41.6 Å². The topological polar surface area (TPSA) is 15.3 Å². The molecule has 1 aromatic carbocycles. The van der Waals surface area contributed by atoms with E-state index in [0.717, 1.165) is 34.3 Å². The maximum atomic E-state index is 6.11. The summed E-state index contributed by atoms with van der Waals surface area (Å²) in [5.41, 5.74) is 1.03. The van der Waals surface area contributed by atoms with Gasteiger partial charge in [-0.3, -0.25) is 4.90 Å². The fourth-order valence-corrected chi connectivity index (χ4v) is 4.01. The van der Waals surface area contributed by atoms with Crippen molar-refractivity contribution in [3.05, 3.63) is 29.3 Å². The van der Waals surface area contributed by atoms with Crippen molar-refractivity contribution in [3.8, 4) is 0 Å². The molecule has 0 spiro atoms. The number of thioether (sulfide) groups is 1. The highest BCUT2D eigenvalue weighted by Crippen LogP contribution is 2.24. The third kappa shape index (κ3) is 4.08. The number of para-hydroxylation sites is 1. The molecule has 1 N–H and O–H groups in total. The average Bonchev–Trinajstić information content (AvgIpc) is 2.30. The van der Waals surface area contributed by atoms with Gasteiger partial charge in [-0.1, -0.05) is 37.6 Å². The number of hydrogen-bond acceptors (Lipinski definition) is 3. The minimum absolute atomic E-state index is 0.745. The fourth-order valence-electron chi connectivity index (χ4n) is 2.42. The van der Waals surface area contributed by atoms with E-state index >= 15 is 0 Å². The summed E-state index contributed by atoms with van der Waals surface area (Å²) in [5, 5.41) is 5.70. The largest absolute Gasteiger partial charge is 0.383 e. The van der Waals surface area contributed by atoms with Crippen LogP contribution in [0.4, 0.5) is 5.69 Å². The molecule has 1 heterocycles. The van der Waals surface area contributed by atoms with Crippen LogP contribution in [0.5, 0.6) is 0 Å². The first-order chi connectivity index (χ1) is 8.65. The lowest BCUT2D eigenvalue weighted by molar-refractivity contribution is 0.281. The van der Waals surface area contributed by atoms with Gasteiger partial charge in [-0.25, -0.2) is 0 Å². The Morgan fingerprint density at radius 1 is 1.28 bits per heavy atom. The van der Waals surface area contributed by atoms with Crippen molar-refractivity contribution in [1.29, 1.82) is 0 Å². The Balaban J connectivity index is 1.77. The van der Waals surface area contributed by atoms with Crippen LogP contribution in [-0.2, 0) is 0 Å². The molecule has 0 radical (unpaired) electrons. The molecule has 2 atom stereocenters. The van der Waals surface area contributed by atoms with E-state index in [2.05, 4.69) is 35.8 Å². The summed E-state index contributed by atoms with van der Waals surface area (Å²) in [6.45, 7) is 9.05. The second-order valence-corrected chi connectivity index (χ2v) is 7.21. The Bertz CT molecular complexity index is 376. The normalized spacial score (nSPS) is 25.1. The second kappa shape index (κ2) is 6.69. The molecule has 0 aromatic heterocycles. The Morgan fingerprint density at radius 3 is 2.61 bits per heavy atom. The minimum atomic E-state index is 0.745. The quantitative estimate of drug-likeness (QED) is 0.910. The van der Waals surface area contributed by atoms with Crippen molar-refractivity contribution in [2.75, 3.05) is 31.5 Å². The van der Waals surface area contributed by atoms with Gasteiger partial charge in [0.2, 0.25) is 0 Å². The summed E-state index contributed by atoms with van der Waals surface area (Å²) < 4.78 is 0. The van der Waals surface area contributed by atoms with E-state index in [-0.39, 0.29) is 0 Å². The number of nitrogens with zero attached hydrogens (tertiary/aromatic N) is 1. The van der Waals surface area contributed by atoms with E-state index in [1.165, 1.54) is 13.1 Å². The van der Waals surface area contributed by atoms with Crippen LogP contribution in [0.15, 0.2) is 24.3 Å². The van der Waals surface area contributed by atoms with Crippen LogP contribution in [0, 0.1) is 0 Å². The molecular formula is C14H21ClN2S. The summed E-state index contributed by atoms with van der Waals surface area (Å²) in [6.07, 6.45) is 0. The molecule has 1 fully saturated rings. The first-order valence-electron chi connectivity index (χ1n) is 6.51. The number of anilines is 1. The Labute approximate surface area is 119 Å². The van der Waals surface area contributed by atoms with Gasteiger partial charge in [-0.2, -0.15) is 11.8 Å². The summed E-state index contributed by atoms with van der Waals surface area (Å²) in [4.78, 5) is 2.54. The Hall–Kier alpha value is -0.380. The molecule has 0 amide bonds. The van der Waals surface area contributed by atoms with E-state index in [1.54, 1.807) is 0 Å². The lowest BCUT2D eigenvalue weighted by atomic mass is 10.3. The van der Waals surface area contributed by atoms with Crippen molar-refractivity contribution >= 4 is 29.1 Å². The number of nitrogens with one attached hydrogen (secondary N) is 1. The molecule has 2 unspecified atom stereocenters. The van der Waals surface area contributed by atoms with Crippen LogP contribution in [0.2, 0.25) is 5.02 Å². The van der Waals surface area contributed by atoms with E-state index in [0.29, 0.717) is 0 Å². The van der Waals surface area contributed by atoms with Crippen molar-refractivity contribution in [1.82, 2.24) is 4.90 Å². The van der Waals surface area contributed by atoms with Crippen molar-refractivity contribution in [2.24, 2.45) is 0 Å². The smallest absolute Gasteiger partial charge is 0.0637 e. The third-order valence-electron chi connectivity index (χ3n) is 3.11. The molecule has 1 aromatic rings. The number of halogens is 1. The lowest BCUT2D eigenvalue weighted by Gasteiger charge is -2.34. The van der Waals surface area contributed by atoms with Crippen LogP contribution in [0.3, 0.4) is 0 Å². The van der Waals surface area contributed by atoms with Crippen molar-refractivity contribution < 1.29 is 0 Å². The molecule has 2 nitrogen and oxygen atoms in total. The van der Waals surface area contributed by atoms with Gasteiger partial charge < -0.3 is 5.32 Å². The van der Waals surface area contributed by atoms with E-state index < -0.39 is 0 Å². The van der Waals surface area contributed by atoms with E-state index in [9.17, 15) is 0 Å². The maximum absolute atomic E-state index is 6.11. The third-order valence-corrected chi connectivity index (χ3v) is 4.67. The zero-order chi connectivity index (χ0) is 13.0. The average molecular weight is 285 g/mol. The molecular weight excluding hydrogens is 264 g/mol. The summed E-state index contributed by atoms with van der Waals surface area (Å²) in [6, 6.07) is 7.92. The standard InChI is InChI=1S/C14H21ClN2S/c1-11-9-17(10-12(2)18-11)8-7-16-14-6-4-3-5-13(14)15/h3-6,11-12,16H,7-10H2,1-2H3. The fraction of sp³-hybridized carbons (Fsp3) is 0.571. The van der Waals surface area contributed by atoms with Crippen LogP contribution in [0.25, 0.3) is 0 Å². The highest BCUT2D eigenvalue weighted by Gasteiger charge is 2.21. The first kappa shape index (κ1) is 14.0. The number of rotatable bonds is 4. The van der Waals surface area contributed by atoms with Crippen LogP contribution >= 0.6 is 23.4 Å². The molecule has 0 saturated carbocycles. The molecule has 4 heteroatoms. The van der Waals surface area contributed by atoms with Crippen molar-refractivity contribution in [2.45, 2.75) is 24.3 Å². The molecule has 100 valence electrons. The Kier molecular flexibility index (Phi) is 5.22. The zero-order valence-corrected chi connectivity index (χ0v) is 12.6. The van der Waals surface area contributed by atoms with Crippen LogP contribution < -0.4 is 5.32 Å². The number of benzene rings is 1. The highest BCUT2D eigenvalue weighted by atomic mass is 35.5. The minimum Gasteiger partial charge on any atom is -0.383 e. The molecule has 1 aliphatic heterocycles. The summed E-state index contributed by atoms with van der Waals surface area (Å²) >= 11 is 8.21. The van der Waals surface area contributed by atoms with Gasteiger partial charge in [0.15, 0.2) is 0 Å². The first-order valence-corrected chi connectivity index (χ1v) is 7.83. The van der Waals surface area contributed by atoms with Gasteiger partial charge in [0.1, 0.15) is 0 Å². The SMILES string of the molecule is CC1CN(CCNc2ccccc2Cl)CC(C)S1. The molecule has 0 aliphatic carbocycles. The monoisotopic (exact) mass is 284 g/mol. The van der Waals surface area contributed by atoms with Crippen LogP contribution in [0.1, 0.15) is 13.8 Å². The van der Waals surface area contributed by atoms with Crippen molar-refractivity contribution in [3.63, 3.8) is 0 Å². The van der Waals surface area contributed by atoms with Gasteiger partial charge in [0, 0.05) is 36.7 Å². The van der Waals surface area contributed by atoms with Gasteiger partial charge >= 0.3 is 0 Å². The Morgan fingerprint density at radius 2 is 1.94 bits per heavy atom. The van der Waals surface area contributed by atoms with Gasteiger partial charge in [0.05, 0.1) is 10.7 Å². The molecule has 1 aliphatic rings. The summed E-state index contributed by atoms with van der Waals surface area (Å²) in [7, 11) is 0. The second-order valence-electron chi connectivity index (χ2n) is 4.92. The van der Waals surface area contributed by atoms with E-state index in [4.69, 9.17) is 11.6 Å². The molecule has 2 rings (SSSR count). The van der Waals surface area contributed by atoms with Gasteiger partial charge in [-0.15, -0.1) is 0 Å². The maximum Gasteiger partial charge on any atom is 0.0637 e. The highest BCUT2D eigenvalue weighted by molar-refractivity contribution is 8.00. The van der Waals surface area contributed by atoms with Gasteiger partial charge in [-0.05, 0) is 12.1 Å². The predicted molar refractivity (Wildman–Crippen MR) is 82.9 cm³/mol. The van der Waals surface area contributed by atoms with E-state index in [1.807, 2.05) is 24.3 Å². The predicted octanol–water partition coefficient (Wildman–Crippen LogP) is 3.58. The summed E-state index contributed by atoms with van der Waals surface area (Å²) in [5.74, 6) is 0. The van der Waals surface area contributed by atoms with Gasteiger partial charge in [0.25, 0.3) is 0 Å². The molecule has 18 heavy (non-hydrogen) atoms. The number of hydrogen-bond donors (Lipinski definition) is 1. The molecule has 0 bridgehead atoms. The lowest BCUT2D eigenvalue weighted by Crippen LogP contribution is -2.42. The molecule has 1 saturated heterocycles. The zero-order valence-electron chi connectivity index (χ0n) is 11.0.